The molecule has 4 rings (SSSR count). The van der Waals surface area contributed by atoms with Gasteiger partial charge in [-0.25, -0.2) is 4.98 Å². The number of aromatic nitrogens is 1. The molecule has 2 aromatic rings. The van der Waals surface area contributed by atoms with E-state index in [0.29, 0.717) is 41.6 Å². The topological polar surface area (TPSA) is 87.8 Å². The van der Waals surface area contributed by atoms with Crippen LogP contribution in [0.15, 0.2) is 0 Å². The lowest BCUT2D eigenvalue weighted by molar-refractivity contribution is 0.0758. The molecule has 2 aromatic heterocycles. The maximum Gasteiger partial charge on any atom is 0.263 e. The largest absolute Gasteiger partial charge is 0.474 e. The number of piperazine rings is 1. The number of carbonyl (C=O) groups is 1. The van der Waals surface area contributed by atoms with Crippen molar-refractivity contribution in [2.45, 2.75) is 25.8 Å². The Morgan fingerprint density at radius 2 is 2.06 bits per heavy atom. The van der Waals surface area contributed by atoms with Crippen LogP contribution in [0.4, 0.5) is 5.69 Å². The zero-order valence-electron chi connectivity index (χ0n) is 18.1. The Hall–Kier alpha value is -1.65. The third kappa shape index (κ3) is 5.40. The Morgan fingerprint density at radius 3 is 2.77 bits per heavy atom. The Kier molecular flexibility index (Phi) is 7.50. The van der Waals surface area contributed by atoms with Gasteiger partial charge in [-0.15, -0.1) is 11.3 Å². The molecule has 0 spiro atoms. The van der Waals surface area contributed by atoms with Crippen LogP contribution >= 0.6 is 22.9 Å². The summed E-state index contributed by atoms with van der Waals surface area (Å²) in [6.07, 6.45) is 2.09. The molecule has 0 atom stereocenters. The smallest absolute Gasteiger partial charge is 0.263 e. The molecule has 0 bridgehead atoms. The fourth-order valence-corrected chi connectivity index (χ4v) is 4.99. The normalized spacial score (nSPS) is 17.1. The molecule has 3 N–H and O–H groups in total. The Balaban J connectivity index is 1.37. The number of nitrogens with zero attached hydrogens (tertiary/aromatic N) is 2. The minimum absolute atomic E-state index is 0.0641. The predicted molar refractivity (Wildman–Crippen MR) is 125 cm³/mol. The summed E-state index contributed by atoms with van der Waals surface area (Å²) in [4.78, 5) is 21.0. The molecule has 10 heteroatoms. The zero-order chi connectivity index (χ0) is 21.8. The van der Waals surface area contributed by atoms with E-state index >= 15 is 0 Å². The van der Waals surface area contributed by atoms with Crippen LogP contribution in [0.2, 0.25) is 5.02 Å². The van der Waals surface area contributed by atoms with Gasteiger partial charge < -0.3 is 25.4 Å². The average molecular weight is 468 g/mol. The van der Waals surface area contributed by atoms with Gasteiger partial charge in [-0.2, -0.15) is 0 Å². The molecule has 1 aliphatic carbocycles. The van der Waals surface area contributed by atoms with Crippen molar-refractivity contribution < 1.29 is 14.3 Å². The second-order valence-electron chi connectivity index (χ2n) is 7.89. The summed E-state index contributed by atoms with van der Waals surface area (Å²) in [5.74, 6) is 0.321. The van der Waals surface area contributed by atoms with E-state index in [1.807, 2.05) is 14.0 Å². The predicted octanol–water partition coefficient (Wildman–Crippen LogP) is 2.49. The number of aryl methyl sites for hydroxylation is 1. The number of rotatable bonds is 10. The lowest BCUT2D eigenvalue weighted by atomic mass is 10.1. The molecule has 1 aliphatic heterocycles. The molecule has 3 heterocycles. The van der Waals surface area contributed by atoms with E-state index in [-0.39, 0.29) is 5.91 Å². The third-order valence-corrected chi connectivity index (χ3v) is 7.11. The molecule has 2 fully saturated rings. The second kappa shape index (κ2) is 10.3. The van der Waals surface area contributed by atoms with Crippen LogP contribution in [0.3, 0.4) is 0 Å². The molecule has 0 aromatic carbocycles. The van der Waals surface area contributed by atoms with Crippen LogP contribution in [-0.4, -0.2) is 81.4 Å². The molecule has 0 unspecified atom stereocenters. The highest BCUT2D eigenvalue weighted by Crippen LogP contribution is 2.42. The second-order valence-corrected chi connectivity index (χ2v) is 9.27. The minimum Gasteiger partial charge on any atom is -0.474 e. The highest BCUT2D eigenvalue weighted by Gasteiger charge is 2.28. The number of carbonyl (C=O) groups excluding carboxylic acids is 1. The van der Waals surface area contributed by atoms with Crippen molar-refractivity contribution in [3.05, 3.63) is 15.5 Å². The highest BCUT2D eigenvalue weighted by molar-refractivity contribution is 7.21. The summed E-state index contributed by atoms with van der Waals surface area (Å²) in [5.41, 5.74) is 1.63. The number of halogens is 1. The Morgan fingerprint density at radius 1 is 1.29 bits per heavy atom. The number of anilines is 1. The maximum absolute atomic E-state index is 12.7. The number of hydrogen-bond acceptors (Lipinski definition) is 8. The molecule has 1 saturated heterocycles. The first-order valence-corrected chi connectivity index (χ1v) is 12.0. The van der Waals surface area contributed by atoms with Crippen molar-refractivity contribution in [3.8, 4) is 5.88 Å². The van der Waals surface area contributed by atoms with Crippen molar-refractivity contribution in [1.82, 2.24) is 20.5 Å². The van der Waals surface area contributed by atoms with Crippen LogP contribution in [0.1, 0.15) is 28.1 Å². The number of fused-ring (bicyclic) bond motifs is 1. The SMILES string of the molecule is CNc1c(C(=O)NC2CC2)sc2nc(OCCOCCN3CCNCC3)c(Cl)c(C)c12. The maximum atomic E-state index is 12.7. The summed E-state index contributed by atoms with van der Waals surface area (Å²) in [6.45, 7) is 8.59. The molecule has 1 amide bonds. The third-order valence-electron chi connectivity index (χ3n) is 5.58. The van der Waals surface area contributed by atoms with Gasteiger partial charge in [0.05, 0.1) is 18.9 Å². The van der Waals surface area contributed by atoms with Crippen LogP contribution in [0, 0.1) is 6.92 Å². The van der Waals surface area contributed by atoms with Gasteiger partial charge in [-0.1, -0.05) is 11.6 Å². The van der Waals surface area contributed by atoms with Crippen molar-refractivity contribution in [2.24, 2.45) is 0 Å². The molecule has 1 saturated carbocycles. The van der Waals surface area contributed by atoms with Gasteiger partial charge in [0.15, 0.2) is 0 Å². The first kappa shape index (κ1) is 22.5. The van der Waals surface area contributed by atoms with Gasteiger partial charge in [0.2, 0.25) is 5.88 Å². The Labute approximate surface area is 191 Å². The van der Waals surface area contributed by atoms with Crippen molar-refractivity contribution >= 4 is 44.7 Å². The van der Waals surface area contributed by atoms with Gasteiger partial charge in [-0.3, -0.25) is 9.69 Å². The van der Waals surface area contributed by atoms with Crippen molar-refractivity contribution in [2.75, 3.05) is 64.9 Å². The van der Waals surface area contributed by atoms with Gasteiger partial charge >= 0.3 is 0 Å². The number of nitrogens with one attached hydrogen (secondary N) is 3. The van der Waals surface area contributed by atoms with E-state index in [1.54, 1.807) is 0 Å². The molecular formula is C21H30ClN5O3S. The first-order valence-electron chi connectivity index (χ1n) is 10.8. The zero-order valence-corrected chi connectivity index (χ0v) is 19.6. The quantitative estimate of drug-likeness (QED) is 0.463. The molecule has 0 radical (unpaired) electrons. The van der Waals surface area contributed by atoms with Crippen molar-refractivity contribution in [1.29, 1.82) is 0 Å². The number of hydrogen-bond donors (Lipinski definition) is 3. The average Bonchev–Trinajstić information content (AvgIpc) is 3.51. The Bertz CT molecular complexity index is 928. The highest BCUT2D eigenvalue weighted by atomic mass is 35.5. The molecular weight excluding hydrogens is 438 g/mol. The summed E-state index contributed by atoms with van der Waals surface area (Å²) in [7, 11) is 1.81. The lowest BCUT2D eigenvalue weighted by Gasteiger charge is -2.26. The molecule has 31 heavy (non-hydrogen) atoms. The number of thiophene rings is 1. The summed E-state index contributed by atoms with van der Waals surface area (Å²) >= 11 is 7.92. The summed E-state index contributed by atoms with van der Waals surface area (Å²) in [5, 5.41) is 10.9. The number of amides is 1. The van der Waals surface area contributed by atoms with Gasteiger partial charge in [0.1, 0.15) is 21.3 Å². The van der Waals surface area contributed by atoms with E-state index in [9.17, 15) is 4.79 Å². The summed E-state index contributed by atoms with van der Waals surface area (Å²) < 4.78 is 11.5. The first-order chi connectivity index (χ1) is 15.1. The minimum atomic E-state index is -0.0641. The van der Waals surface area contributed by atoms with Crippen LogP contribution in [0.25, 0.3) is 10.2 Å². The molecule has 8 nitrogen and oxygen atoms in total. The molecule has 170 valence electrons. The fourth-order valence-electron chi connectivity index (χ4n) is 3.66. The van der Waals surface area contributed by atoms with Crippen LogP contribution in [-0.2, 0) is 4.74 Å². The number of pyridine rings is 1. The van der Waals surface area contributed by atoms with Gasteiger partial charge in [0, 0.05) is 51.2 Å². The molecule has 2 aliphatic rings. The van der Waals surface area contributed by atoms with E-state index in [1.165, 1.54) is 11.3 Å². The van der Waals surface area contributed by atoms with Crippen LogP contribution < -0.4 is 20.7 Å². The van der Waals surface area contributed by atoms with E-state index in [0.717, 1.165) is 67.0 Å². The number of ether oxygens (including phenoxy) is 2. The van der Waals surface area contributed by atoms with E-state index < -0.39 is 0 Å². The lowest BCUT2D eigenvalue weighted by Crippen LogP contribution is -2.44. The fraction of sp³-hybridized carbons (Fsp3) is 0.619. The van der Waals surface area contributed by atoms with E-state index in [2.05, 4.69) is 25.8 Å². The van der Waals surface area contributed by atoms with Gasteiger partial charge in [0.25, 0.3) is 5.91 Å². The standard InChI is InChI=1S/C21H30ClN5O3S/c1-13-15-17(23-2)18(19(28)25-14-3-4-14)31-21(15)26-20(16(13)22)30-12-11-29-10-9-27-7-5-24-6-8-27/h14,23-24H,3-12H2,1-2H3,(H,25,28). The van der Waals surface area contributed by atoms with Crippen molar-refractivity contribution in [3.63, 3.8) is 0 Å². The monoisotopic (exact) mass is 467 g/mol. The summed E-state index contributed by atoms with van der Waals surface area (Å²) in [6, 6.07) is 0.297. The van der Waals surface area contributed by atoms with Gasteiger partial charge in [-0.05, 0) is 25.3 Å². The van der Waals surface area contributed by atoms with E-state index in [4.69, 9.17) is 21.1 Å². The van der Waals surface area contributed by atoms with Crippen LogP contribution in [0.5, 0.6) is 5.88 Å².